The second-order valence-electron chi connectivity index (χ2n) is 6.59. The third kappa shape index (κ3) is 6.25. The molecule has 2 N–H and O–H groups in total. The van der Waals surface area contributed by atoms with Gasteiger partial charge in [0, 0.05) is 18.0 Å². The summed E-state index contributed by atoms with van der Waals surface area (Å²) in [6.07, 6.45) is 12.9. The molecule has 0 saturated heterocycles. The summed E-state index contributed by atoms with van der Waals surface area (Å²) in [4.78, 5) is 12.2. The predicted molar refractivity (Wildman–Crippen MR) is 85.9 cm³/mol. The largest absolute Gasteiger partial charge is 0.354 e. The van der Waals surface area contributed by atoms with E-state index < -0.39 is 0 Å². The minimum Gasteiger partial charge on any atom is -0.354 e. The summed E-state index contributed by atoms with van der Waals surface area (Å²) in [5.74, 6) is 0.226. The molecule has 0 aliphatic heterocycles. The molecule has 118 valence electrons. The molecule has 3 nitrogen and oxygen atoms in total. The molecule has 1 amide bonds. The van der Waals surface area contributed by atoms with E-state index in [0.29, 0.717) is 12.5 Å². The van der Waals surface area contributed by atoms with Gasteiger partial charge in [-0.1, -0.05) is 51.9 Å². The van der Waals surface area contributed by atoms with Crippen molar-refractivity contribution in [2.75, 3.05) is 7.05 Å². The first kappa shape index (κ1) is 17.5. The van der Waals surface area contributed by atoms with E-state index in [1.807, 2.05) is 7.05 Å². The molecule has 0 heterocycles. The maximum absolute atomic E-state index is 12.2. The van der Waals surface area contributed by atoms with Crippen LogP contribution in [0.25, 0.3) is 0 Å². The van der Waals surface area contributed by atoms with Gasteiger partial charge in [0.2, 0.25) is 5.91 Å². The van der Waals surface area contributed by atoms with Crippen LogP contribution in [0.2, 0.25) is 0 Å². The minimum absolute atomic E-state index is 0.0598. The average Bonchev–Trinajstić information content (AvgIpc) is 2.44. The van der Waals surface area contributed by atoms with Gasteiger partial charge in [0.05, 0.1) is 0 Å². The topological polar surface area (TPSA) is 41.1 Å². The Morgan fingerprint density at radius 3 is 2.45 bits per heavy atom. The van der Waals surface area contributed by atoms with Crippen LogP contribution in [0, 0.1) is 0 Å². The molecule has 0 aromatic rings. The van der Waals surface area contributed by atoms with E-state index in [9.17, 15) is 4.79 Å². The van der Waals surface area contributed by atoms with E-state index in [4.69, 9.17) is 0 Å². The van der Waals surface area contributed by atoms with Crippen molar-refractivity contribution in [3.05, 3.63) is 0 Å². The molecule has 1 fully saturated rings. The van der Waals surface area contributed by atoms with Crippen molar-refractivity contribution in [1.29, 1.82) is 0 Å². The van der Waals surface area contributed by atoms with Gasteiger partial charge in [-0.3, -0.25) is 4.79 Å². The summed E-state index contributed by atoms with van der Waals surface area (Å²) in [6.45, 7) is 4.36. The summed E-state index contributed by atoms with van der Waals surface area (Å²) in [5.41, 5.74) is 0.0598. The lowest BCUT2D eigenvalue weighted by molar-refractivity contribution is -0.123. The zero-order valence-electron chi connectivity index (χ0n) is 13.8. The number of unbranched alkanes of at least 4 members (excludes halogenated alkanes) is 3. The quantitative estimate of drug-likeness (QED) is 0.632. The third-order valence-corrected chi connectivity index (χ3v) is 4.74. The fraction of sp³-hybridized carbons (Fsp3) is 0.941. The van der Waals surface area contributed by atoms with E-state index in [0.717, 1.165) is 19.3 Å². The van der Waals surface area contributed by atoms with E-state index >= 15 is 0 Å². The van der Waals surface area contributed by atoms with Crippen LogP contribution >= 0.6 is 0 Å². The van der Waals surface area contributed by atoms with Crippen LogP contribution in [0.15, 0.2) is 0 Å². The lowest BCUT2D eigenvalue weighted by atomic mass is 9.79. The molecular formula is C17H34N2O. The van der Waals surface area contributed by atoms with Crippen LogP contribution in [-0.2, 0) is 4.79 Å². The lowest BCUT2D eigenvalue weighted by Gasteiger charge is -2.37. The SMILES string of the molecule is CCCCCCC(C)NC(=O)CC1(NC)CCCCC1. The molecule has 1 atom stereocenters. The van der Waals surface area contributed by atoms with Gasteiger partial charge >= 0.3 is 0 Å². The Kier molecular flexibility index (Phi) is 8.20. The van der Waals surface area contributed by atoms with Gasteiger partial charge in [0.1, 0.15) is 0 Å². The lowest BCUT2D eigenvalue weighted by Crippen LogP contribution is -2.49. The van der Waals surface area contributed by atoms with Crippen LogP contribution < -0.4 is 10.6 Å². The van der Waals surface area contributed by atoms with Gasteiger partial charge in [-0.15, -0.1) is 0 Å². The summed E-state index contributed by atoms with van der Waals surface area (Å²) in [6, 6.07) is 0.317. The summed E-state index contributed by atoms with van der Waals surface area (Å²) < 4.78 is 0. The van der Waals surface area contributed by atoms with Crippen molar-refractivity contribution < 1.29 is 4.79 Å². The van der Waals surface area contributed by atoms with Crippen molar-refractivity contribution in [1.82, 2.24) is 10.6 Å². The number of amides is 1. The van der Waals surface area contributed by atoms with Crippen LogP contribution in [0.4, 0.5) is 0 Å². The van der Waals surface area contributed by atoms with Crippen molar-refractivity contribution in [3.63, 3.8) is 0 Å². The van der Waals surface area contributed by atoms with Crippen molar-refractivity contribution in [2.24, 2.45) is 0 Å². The van der Waals surface area contributed by atoms with Crippen molar-refractivity contribution in [3.8, 4) is 0 Å². The van der Waals surface area contributed by atoms with Crippen molar-refractivity contribution in [2.45, 2.75) is 96.1 Å². The van der Waals surface area contributed by atoms with Crippen molar-refractivity contribution >= 4 is 5.91 Å². The molecule has 1 unspecified atom stereocenters. The molecule has 1 aliphatic carbocycles. The van der Waals surface area contributed by atoms with E-state index in [2.05, 4.69) is 24.5 Å². The molecule has 1 rings (SSSR count). The Morgan fingerprint density at radius 2 is 1.85 bits per heavy atom. The molecule has 1 saturated carbocycles. The van der Waals surface area contributed by atoms with Gasteiger partial charge in [0.25, 0.3) is 0 Å². The van der Waals surface area contributed by atoms with Gasteiger partial charge in [0.15, 0.2) is 0 Å². The van der Waals surface area contributed by atoms with Gasteiger partial charge in [-0.25, -0.2) is 0 Å². The minimum atomic E-state index is 0.0598. The Morgan fingerprint density at radius 1 is 1.15 bits per heavy atom. The maximum atomic E-state index is 12.2. The second kappa shape index (κ2) is 9.38. The fourth-order valence-electron chi connectivity index (χ4n) is 3.33. The van der Waals surface area contributed by atoms with Crippen LogP contribution in [-0.4, -0.2) is 24.5 Å². The van der Waals surface area contributed by atoms with E-state index in [1.165, 1.54) is 44.9 Å². The molecule has 0 spiro atoms. The highest BCUT2D eigenvalue weighted by Gasteiger charge is 2.32. The van der Waals surface area contributed by atoms with Crippen LogP contribution in [0.1, 0.15) is 84.5 Å². The molecule has 20 heavy (non-hydrogen) atoms. The number of carbonyl (C=O) groups is 1. The number of rotatable bonds is 9. The Bertz CT molecular complexity index is 272. The molecule has 0 aromatic heterocycles. The summed E-state index contributed by atoms with van der Waals surface area (Å²) in [7, 11) is 2.01. The Hall–Kier alpha value is -0.570. The summed E-state index contributed by atoms with van der Waals surface area (Å²) >= 11 is 0. The third-order valence-electron chi connectivity index (χ3n) is 4.74. The number of nitrogens with one attached hydrogen (secondary N) is 2. The molecule has 1 aliphatic rings. The maximum Gasteiger partial charge on any atom is 0.222 e. The van der Waals surface area contributed by atoms with Gasteiger partial charge in [-0.2, -0.15) is 0 Å². The molecule has 0 bridgehead atoms. The smallest absolute Gasteiger partial charge is 0.222 e. The first-order valence-electron chi connectivity index (χ1n) is 8.60. The number of hydrogen-bond donors (Lipinski definition) is 2. The van der Waals surface area contributed by atoms with E-state index in [1.54, 1.807) is 0 Å². The monoisotopic (exact) mass is 282 g/mol. The Balaban J connectivity index is 2.27. The van der Waals surface area contributed by atoms with Gasteiger partial charge in [-0.05, 0) is 33.2 Å². The highest BCUT2D eigenvalue weighted by Crippen LogP contribution is 2.30. The molecule has 0 aromatic carbocycles. The van der Waals surface area contributed by atoms with Crippen LogP contribution in [0.5, 0.6) is 0 Å². The molecular weight excluding hydrogens is 248 g/mol. The second-order valence-corrected chi connectivity index (χ2v) is 6.59. The van der Waals surface area contributed by atoms with Gasteiger partial charge < -0.3 is 10.6 Å². The zero-order chi connectivity index (χ0) is 14.8. The molecule has 0 radical (unpaired) electrons. The number of hydrogen-bond acceptors (Lipinski definition) is 2. The first-order chi connectivity index (χ1) is 9.62. The summed E-state index contributed by atoms with van der Waals surface area (Å²) in [5, 5.41) is 6.60. The highest BCUT2D eigenvalue weighted by atomic mass is 16.1. The number of carbonyl (C=O) groups excluding carboxylic acids is 1. The normalized spacial score (nSPS) is 19.6. The average molecular weight is 282 g/mol. The Labute approximate surface area is 125 Å². The molecule has 3 heteroatoms. The van der Waals surface area contributed by atoms with Crippen LogP contribution in [0.3, 0.4) is 0 Å². The first-order valence-corrected chi connectivity index (χ1v) is 8.60. The highest BCUT2D eigenvalue weighted by molar-refractivity contribution is 5.77. The van der Waals surface area contributed by atoms with E-state index in [-0.39, 0.29) is 11.4 Å². The fourth-order valence-corrected chi connectivity index (χ4v) is 3.33. The zero-order valence-corrected chi connectivity index (χ0v) is 13.8. The standard InChI is InChI=1S/C17H34N2O/c1-4-5-6-8-11-15(2)19-16(20)14-17(18-3)12-9-7-10-13-17/h15,18H,4-14H2,1-3H3,(H,19,20). The predicted octanol–water partition coefficient (Wildman–Crippen LogP) is 3.77.